The molecule has 16 heavy (non-hydrogen) atoms. The van der Waals surface area contributed by atoms with E-state index in [1.54, 1.807) is 0 Å². The van der Waals surface area contributed by atoms with Gasteiger partial charge in [-0.3, -0.25) is 0 Å². The van der Waals surface area contributed by atoms with Crippen molar-refractivity contribution in [1.29, 1.82) is 0 Å². The maximum atomic E-state index is 9.07. The Bertz CT molecular complexity index is 282. The molecule has 0 unspecified atom stereocenters. The molecule has 0 spiro atoms. The zero-order valence-corrected chi connectivity index (χ0v) is 9.64. The summed E-state index contributed by atoms with van der Waals surface area (Å²) in [6, 6.07) is 10.1. The molecule has 1 aromatic rings. The number of aliphatic hydroxyl groups is 1. The van der Waals surface area contributed by atoms with E-state index in [0.29, 0.717) is 13.2 Å². The van der Waals surface area contributed by atoms with Crippen molar-refractivity contribution in [3.63, 3.8) is 0 Å². The van der Waals surface area contributed by atoms with Crippen LogP contribution in [0.25, 0.3) is 0 Å². The van der Waals surface area contributed by atoms with E-state index in [9.17, 15) is 0 Å². The van der Waals surface area contributed by atoms with Gasteiger partial charge in [0.15, 0.2) is 0 Å². The van der Waals surface area contributed by atoms with Gasteiger partial charge < -0.3 is 9.84 Å². The van der Waals surface area contributed by atoms with Gasteiger partial charge in [0.2, 0.25) is 0 Å². The van der Waals surface area contributed by atoms with Crippen LogP contribution in [-0.4, -0.2) is 18.3 Å². The SMILES string of the molecule is C=CC[C@H](CO)CCOCc1ccccc1. The van der Waals surface area contributed by atoms with Gasteiger partial charge in [-0.15, -0.1) is 6.58 Å². The molecule has 2 heteroatoms. The molecule has 0 aliphatic carbocycles. The first kappa shape index (κ1) is 12.9. The van der Waals surface area contributed by atoms with Crippen molar-refractivity contribution in [3.8, 4) is 0 Å². The summed E-state index contributed by atoms with van der Waals surface area (Å²) in [6.45, 7) is 5.22. The Morgan fingerprint density at radius 1 is 1.31 bits per heavy atom. The van der Waals surface area contributed by atoms with Gasteiger partial charge in [-0.2, -0.15) is 0 Å². The van der Waals surface area contributed by atoms with Gasteiger partial charge in [-0.1, -0.05) is 36.4 Å². The minimum atomic E-state index is 0.209. The van der Waals surface area contributed by atoms with Gasteiger partial charge in [-0.05, 0) is 24.3 Å². The van der Waals surface area contributed by atoms with E-state index < -0.39 is 0 Å². The third kappa shape index (κ3) is 5.10. The van der Waals surface area contributed by atoms with E-state index in [4.69, 9.17) is 9.84 Å². The predicted molar refractivity (Wildman–Crippen MR) is 66.1 cm³/mol. The first-order chi connectivity index (χ1) is 7.86. The van der Waals surface area contributed by atoms with Gasteiger partial charge in [0, 0.05) is 13.2 Å². The molecule has 0 saturated heterocycles. The second kappa shape index (κ2) is 8.08. The number of aliphatic hydroxyl groups excluding tert-OH is 1. The third-order valence-electron chi connectivity index (χ3n) is 2.54. The Balaban J connectivity index is 2.13. The summed E-state index contributed by atoms with van der Waals surface area (Å²) in [4.78, 5) is 0. The van der Waals surface area contributed by atoms with Crippen LogP contribution in [0.3, 0.4) is 0 Å². The van der Waals surface area contributed by atoms with Crippen LogP contribution in [0.4, 0.5) is 0 Å². The van der Waals surface area contributed by atoms with Crippen molar-refractivity contribution in [2.75, 3.05) is 13.2 Å². The standard InChI is InChI=1S/C14H20O2/c1-2-6-13(11-15)9-10-16-12-14-7-4-3-5-8-14/h2-5,7-8,13,15H,1,6,9-12H2/t13-/m0/s1. The van der Waals surface area contributed by atoms with Crippen LogP contribution in [0.1, 0.15) is 18.4 Å². The molecule has 1 rings (SSSR count). The molecule has 0 radical (unpaired) electrons. The fraction of sp³-hybridized carbons (Fsp3) is 0.429. The summed E-state index contributed by atoms with van der Waals surface area (Å²) in [7, 11) is 0. The van der Waals surface area contributed by atoms with Gasteiger partial charge in [0.1, 0.15) is 0 Å². The van der Waals surface area contributed by atoms with Crippen LogP contribution in [0, 0.1) is 5.92 Å². The smallest absolute Gasteiger partial charge is 0.0716 e. The highest BCUT2D eigenvalue weighted by Gasteiger charge is 2.04. The summed E-state index contributed by atoms with van der Waals surface area (Å²) in [5, 5.41) is 9.07. The van der Waals surface area contributed by atoms with Crippen LogP contribution in [0.5, 0.6) is 0 Å². The number of rotatable bonds is 8. The van der Waals surface area contributed by atoms with Gasteiger partial charge in [-0.25, -0.2) is 0 Å². The number of allylic oxidation sites excluding steroid dienone is 1. The lowest BCUT2D eigenvalue weighted by Crippen LogP contribution is -2.08. The molecule has 88 valence electrons. The molecule has 0 fully saturated rings. The molecule has 0 aromatic heterocycles. The lowest BCUT2D eigenvalue weighted by molar-refractivity contribution is 0.0956. The first-order valence-corrected chi connectivity index (χ1v) is 5.70. The largest absolute Gasteiger partial charge is 0.396 e. The predicted octanol–water partition coefficient (Wildman–Crippen LogP) is 2.78. The monoisotopic (exact) mass is 220 g/mol. The molecule has 0 bridgehead atoms. The molecule has 2 nitrogen and oxygen atoms in total. The summed E-state index contributed by atoms with van der Waals surface area (Å²) >= 11 is 0. The Kier molecular flexibility index (Phi) is 6.54. The topological polar surface area (TPSA) is 29.5 Å². The van der Waals surface area contributed by atoms with Gasteiger partial charge in [0.25, 0.3) is 0 Å². The molecule has 0 amide bonds. The Hall–Kier alpha value is -1.12. The maximum Gasteiger partial charge on any atom is 0.0716 e. The summed E-state index contributed by atoms with van der Waals surface area (Å²) in [6.07, 6.45) is 3.58. The number of ether oxygens (including phenoxy) is 1. The molecular formula is C14H20O2. The minimum Gasteiger partial charge on any atom is -0.396 e. The number of hydrogen-bond donors (Lipinski definition) is 1. The highest BCUT2D eigenvalue weighted by Crippen LogP contribution is 2.09. The second-order valence-corrected chi connectivity index (χ2v) is 3.90. The molecule has 0 saturated carbocycles. The zero-order chi connectivity index (χ0) is 11.6. The van der Waals surface area contributed by atoms with Crippen LogP contribution < -0.4 is 0 Å². The minimum absolute atomic E-state index is 0.209. The molecule has 0 heterocycles. The van der Waals surface area contributed by atoms with Crippen molar-refractivity contribution in [2.24, 2.45) is 5.92 Å². The average Bonchev–Trinajstić information content (AvgIpc) is 2.34. The van der Waals surface area contributed by atoms with Crippen molar-refractivity contribution in [3.05, 3.63) is 48.6 Å². The lowest BCUT2D eigenvalue weighted by Gasteiger charge is -2.11. The summed E-state index contributed by atoms with van der Waals surface area (Å²) < 4.78 is 5.55. The summed E-state index contributed by atoms with van der Waals surface area (Å²) in [5.41, 5.74) is 1.19. The van der Waals surface area contributed by atoms with E-state index in [1.165, 1.54) is 5.56 Å². The van der Waals surface area contributed by atoms with E-state index in [2.05, 4.69) is 6.58 Å². The van der Waals surface area contributed by atoms with Crippen LogP contribution >= 0.6 is 0 Å². The van der Waals surface area contributed by atoms with Crippen molar-refractivity contribution in [2.45, 2.75) is 19.4 Å². The Morgan fingerprint density at radius 2 is 2.06 bits per heavy atom. The van der Waals surface area contributed by atoms with Crippen LogP contribution in [-0.2, 0) is 11.3 Å². The Labute approximate surface area is 97.6 Å². The van der Waals surface area contributed by atoms with E-state index >= 15 is 0 Å². The highest BCUT2D eigenvalue weighted by molar-refractivity contribution is 5.13. The van der Waals surface area contributed by atoms with Crippen LogP contribution in [0.15, 0.2) is 43.0 Å². The fourth-order valence-corrected chi connectivity index (χ4v) is 1.53. The zero-order valence-electron chi connectivity index (χ0n) is 9.64. The highest BCUT2D eigenvalue weighted by atomic mass is 16.5. The molecule has 0 aliphatic rings. The third-order valence-corrected chi connectivity index (χ3v) is 2.54. The van der Waals surface area contributed by atoms with Crippen LogP contribution in [0.2, 0.25) is 0 Å². The average molecular weight is 220 g/mol. The molecule has 1 aromatic carbocycles. The van der Waals surface area contributed by atoms with Gasteiger partial charge in [0.05, 0.1) is 6.61 Å². The van der Waals surface area contributed by atoms with E-state index in [-0.39, 0.29) is 12.5 Å². The molecule has 0 aliphatic heterocycles. The normalized spacial score (nSPS) is 12.3. The van der Waals surface area contributed by atoms with Gasteiger partial charge >= 0.3 is 0 Å². The fourth-order valence-electron chi connectivity index (χ4n) is 1.53. The summed E-state index contributed by atoms with van der Waals surface area (Å²) in [5.74, 6) is 0.285. The maximum absolute atomic E-state index is 9.07. The molecule has 1 N–H and O–H groups in total. The number of benzene rings is 1. The van der Waals surface area contributed by atoms with E-state index in [1.807, 2.05) is 36.4 Å². The first-order valence-electron chi connectivity index (χ1n) is 5.70. The number of hydrogen-bond acceptors (Lipinski definition) is 2. The van der Waals surface area contributed by atoms with Crippen molar-refractivity contribution >= 4 is 0 Å². The van der Waals surface area contributed by atoms with E-state index in [0.717, 1.165) is 12.8 Å². The Morgan fingerprint density at radius 3 is 2.69 bits per heavy atom. The molecular weight excluding hydrogens is 200 g/mol. The van der Waals surface area contributed by atoms with Crippen molar-refractivity contribution < 1.29 is 9.84 Å². The van der Waals surface area contributed by atoms with Crippen molar-refractivity contribution in [1.82, 2.24) is 0 Å². The quantitative estimate of drug-likeness (QED) is 0.539. The second-order valence-electron chi connectivity index (χ2n) is 3.90. The molecule has 1 atom stereocenters. The lowest BCUT2D eigenvalue weighted by atomic mass is 10.0.